The average Bonchev–Trinajstić information content (AvgIpc) is 3.06. The second-order valence-corrected chi connectivity index (χ2v) is 9.72. The summed E-state index contributed by atoms with van der Waals surface area (Å²) in [5.41, 5.74) is 1.33. The molecule has 2 aromatic heterocycles. The van der Waals surface area contributed by atoms with E-state index in [2.05, 4.69) is 9.97 Å². The van der Waals surface area contributed by atoms with Crippen LogP contribution in [0.4, 0.5) is 0 Å². The van der Waals surface area contributed by atoms with Crippen molar-refractivity contribution in [2.24, 2.45) is 0 Å². The molecule has 0 aliphatic rings. The standard InChI is InChI=1S/C16H26N2O6Si/c1-23-25(24-2,7-3-5-11-9-13(19)17-15(11)21)8-4-6-12-10-14(20)18-16(12)22/h9-10,17-22H,3-8H2,1-2H3. The van der Waals surface area contributed by atoms with Gasteiger partial charge in [-0.25, -0.2) is 0 Å². The highest BCUT2D eigenvalue weighted by Crippen LogP contribution is 2.29. The van der Waals surface area contributed by atoms with Crippen molar-refractivity contribution >= 4 is 8.56 Å². The fourth-order valence-electron chi connectivity index (χ4n) is 3.04. The number of hydrogen-bond acceptors (Lipinski definition) is 6. The first-order valence-corrected chi connectivity index (χ1v) is 10.4. The van der Waals surface area contributed by atoms with Crippen LogP contribution in [0.2, 0.25) is 12.1 Å². The van der Waals surface area contributed by atoms with E-state index in [-0.39, 0.29) is 23.5 Å². The van der Waals surface area contributed by atoms with Crippen LogP contribution in [0, 0.1) is 0 Å². The number of aryl methyl sites for hydroxylation is 2. The first kappa shape index (κ1) is 19.2. The monoisotopic (exact) mass is 370 g/mol. The Morgan fingerprint density at radius 3 is 1.48 bits per heavy atom. The lowest BCUT2D eigenvalue weighted by atomic mass is 10.2. The molecule has 25 heavy (non-hydrogen) atoms. The Morgan fingerprint density at radius 1 is 0.800 bits per heavy atom. The largest absolute Gasteiger partial charge is 0.495 e. The molecule has 0 bridgehead atoms. The summed E-state index contributed by atoms with van der Waals surface area (Å²) < 4.78 is 11.4. The van der Waals surface area contributed by atoms with Gasteiger partial charge in [0.05, 0.1) is 0 Å². The molecule has 8 nitrogen and oxygen atoms in total. The summed E-state index contributed by atoms with van der Waals surface area (Å²) in [5.74, 6) is -0.127. The zero-order valence-corrected chi connectivity index (χ0v) is 15.5. The lowest BCUT2D eigenvalue weighted by Crippen LogP contribution is -2.40. The molecule has 0 amide bonds. The smallest absolute Gasteiger partial charge is 0.337 e. The maximum atomic E-state index is 9.66. The third-order valence-corrected chi connectivity index (χ3v) is 8.19. The van der Waals surface area contributed by atoms with Gasteiger partial charge in [-0.05, 0) is 37.8 Å². The van der Waals surface area contributed by atoms with Gasteiger partial charge in [0.15, 0.2) is 23.5 Å². The van der Waals surface area contributed by atoms with Crippen LogP contribution in [0.25, 0.3) is 0 Å². The van der Waals surface area contributed by atoms with Crippen LogP contribution in [-0.4, -0.2) is 53.2 Å². The summed E-state index contributed by atoms with van der Waals surface area (Å²) in [7, 11) is 0.914. The third kappa shape index (κ3) is 4.94. The Hall–Kier alpha value is -2.10. The molecule has 0 aromatic carbocycles. The molecule has 2 aromatic rings. The van der Waals surface area contributed by atoms with E-state index < -0.39 is 8.56 Å². The second-order valence-electron chi connectivity index (χ2n) is 6.08. The lowest BCUT2D eigenvalue weighted by molar-refractivity contribution is 0.239. The van der Waals surface area contributed by atoms with Gasteiger partial charge < -0.3 is 29.3 Å². The molecule has 6 N–H and O–H groups in total. The van der Waals surface area contributed by atoms with E-state index in [0.29, 0.717) is 24.0 Å². The Labute approximate surface area is 147 Å². The second kappa shape index (κ2) is 8.32. The van der Waals surface area contributed by atoms with Gasteiger partial charge in [-0.2, -0.15) is 0 Å². The van der Waals surface area contributed by atoms with Crippen LogP contribution in [0.1, 0.15) is 24.0 Å². The molecule has 0 aliphatic heterocycles. The zero-order chi connectivity index (χ0) is 18.4. The van der Waals surface area contributed by atoms with E-state index in [1.807, 2.05) is 0 Å². The van der Waals surface area contributed by atoms with Crippen molar-refractivity contribution in [3.05, 3.63) is 23.3 Å². The molecule has 0 atom stereocenters. The molecular weight excluding hydrogens is 344 g/mol. The summed E-state index contributed by atoms with van der Waals surface area (Å²) in [5, 5.41) is 38.0. The molecule has 0 aliphatic carbocycles. The van der Waals surface area contributed by atoms with Gasteiger partial charge in [-0.15, -0.1) is 0 Å². The summed E-state index contributed by atoms with van der Waals surface area (Å²) in [6.45, 7) is 0. The maximum Gasteiger partial charge on any atom is 0.337 e. The predicted molar refractivity (Wildman–Crippen MR) is 94.3 cm³/mol. The number of rotatable bonds is 10. The van der Waals surface area contributed by atoms with Crippen LogP contribution in [0.3, 0.4) is 0 Å². The van der Waals surface area contributed by atoms with Gasteiger partial charge in [0.2, 0.25) is 0 Å². The Bertz CT molecular complexity index is 626. The summed E-state index contributed by atoms with van der Waals surface area (Å²) in [6.07, 6.45) is 2.73. The minimum absolute atomic E-state index is 0.0117. The predicted octanol–water partition coefficient (Wildman–Crippen LogP) is 2.47. The molecule has 0 unspecified atom stereocenters. The van der Waals surface area contributed by atoms with Crippen molar-refractivity contribution in [1.29, 1.82) is 0 Å². The number of aromatic amines is 2. The highest BCUT2D eigenvalue weighted by atomic mass is 28.4. The topological polar surface area (TPSA) is 131 Å². The van der Waals surface area contributed by atoms with E-state index >= 15 is 0 Å². The van der Waals surface area contributed by atoms with E-state index in [0.717, 1.165) is 24.9 Å². The molecule has 0 radical (unpaired) electrons. The molecule has 140 valence electrons. The van der Waals surface area contributed by atoms with Gasteiger partial charge in [0.1, 0.15) is 0 Å². The number of hydrogen-bond donors (Lipinski definition) is 6. The Morgan fingerprint density at radius 2 is 1.20 bits per heavy atom. The fraction of sp³-hybridized carbons (Fsp3) is 0.500. The van der Waals surface area contributed by atoms with E-state index in [4.69, 9.17) is 8.85 Å². The van der Waals surface area contributed by atoms with Crippen LogP contribution >= 0.6 is 0 Å². The van der Waals surface area contributed by atoms with Gasteiger partial charge in [0, 0.05) is 37.5 Å². The molecule has 0 saturated heterocycles. The molecule has 0 spiro atoms. The molecular formula is C16H26N2O6Si. The van der Waals surface area contributed by atoms with Crippen molar-refractivity contribution in [1.82, 2.24) is 9.97 Å². The average molecular weight is 370 g/mol. The van der Waals surface area contributed by atoms with E-state index in [9.17, 15) is 20.4 Å². The normalized spacial score (nSPS) is 11.9. The van der Waals surface area contributed by atoms with E-state index in [1.165, 1.54) is 12.1 Å². The molecule has 2 rings (SSSR count). The summed E-state index contributed by atoms with van der Waals surface area (Å²) >= 11 is 0. The van der Waals surface area contributed by atoms with Crippen molar-refractivity contribution < 1.29 is 29.3 Å². The zero-order valence-electron chi connectivity index (χ0n) is 14.5. The first-order valence-electron chi connectivity index (χ1n) is 8.19. The van der Waals surface area contributed by atoms with Gasteiger partial charge in [-0.3, -0.25) is 9.97 Å². The number of aromatic nitrogens is 2. The van der Waals surface area contributed by atoms with Crippen LogP contribution in [-0.2, 0) is 21.7 Å². The minimum atomic E-state index is -2.38. The Balaban J connectivity index is 1.86. The highest BCUT2D eigenvalue weighted by Gasteiger charge is 2.34. The maximum absolute atomic E-state index is 9.66. The molecule has 2 heterocycles. The molecule has 0 saturated carbocycles. The summed E-state index contributed by atoms with van der Waals surface area (Å²) in [6, 6.07) is 4.52. The number of nitrogens with one attached hydrogen (secondary N) is 2. The number of H-pyrrole nitrogens is 2. The van der Waals surface area contributed by atoms with Crippen molar-refractivity contribution in [3.8, 4) is 23.5 Å². The van der Waals surface area contributed by atoms with Crippen molar-refractivity contribution in [2.45, 2.75) is 37.8 Å². The van der Waals surface area contributed by atoms with Crippen LogP contribution < -0.4 is 0 Å². The van der Waals surface area contributed by atoms with Crippen molar-refractivity contribution in [2.75, 3.05) is 14.2 Å². The fourth-order valence-corrected chi connectivity index (χ4v) is 5.70. The molecule has 9 heteroatoms. The summed E-state index contributed by atoms with van der Waals surface area (Å²) in [4.78, 5) is 4.91. The Kier molecular flexibility index (Phi) is 6.40. The van der Waals surface area contributed by atoms with Gasteiger partial charge in [0.25, 0.3) is 0 Å². The molecule has 0 fully saturated rings. The van der Waals surface area contributed by atoms with Gasteiger partial charge in [-0.1, -0.05) is 0 Å². The minimum Gasteiger partial charge on any atom is -0.495 e. The van der Waals surface area contributed by atoms with Crippen molar-refractivity contribution in [3.63, 3.8) is 0 Å². The van der Waals surface area contributed by atoms with Crippen LogP contribution in [0.5, 0.6) is 23.5 Å². The van der Waals surface area contributed by atoms with E-state index in [1.54, 1.807) is 14.2 Å². The highest BCUT2D eigenvalue weighted by molar-refractivity contribution is 6.67. The third-order valence-electron chi connectivity index (χ3n) is 4.47. The SMILES string of the molecule is CO[Si](CCCc1cc(O)[nH]c1O)(CCCc1cc(O)[nH]c1O)OC. The van der Waals surface area contributed by atoms with Crippen LogP contribution in [0.15, 0.2) is 12.1 Å². The first-order chi connectivity index (χ1) is 11.9. The van der Waals surface area contributed by atoms with Gasteiger partial charge >= 0.3 is 8.56 Å². The number of aromatic hydroxyl groups is 4. The lowest BCUT2D eigenvalue weighted by Gasteiger charge is -2.27. The quantitative estimate of drug-likeness (QED) is 0.356.